The number of benzene rings is 1. The van der Waals surface area contributed by atoms with Gasteiger partial charge in [0.15, 0.2) is 0 Å². The first-order valence-electron chi connectivity index (χ1n) is 4.22. The number of rotatable bonds is 2. The maximum Gasteiger partial charge on any atom is 0.126 e. The van der Waals surface area contributed by atoms with E-state index in [0.717, 1.165) is 0 Å². The lowest BCUT2D eigenvalue weighted by atomic mass is 10.0. The molecule has 1 aromatic carbocycles. The first-order valence-corrected chi connectivity index (χ1v) is 4.22. The van der Waals surface area contributed by atoms with Crippen LogP contribution in [0.1, 0.15) is 24.2 Å². The number of aryl methyl sites for hydroxylation is 1. The zero-order valence-corrected chi connectivity index (χ0v) is 7.79. The van der Waals surface area contributed by atoms with Gasteiger partial charge in [0.1, 0.15) is 5.82 Å². The molecule has 0 aliphatic rings. The molecule has 0 radical (unpaired) electrons. The van der Waals surface area contributed by atoms with Crippen molar-refractivity contribution in [3.05, 3.63) is 35.1 Å². The summed E-state index contributed by atoms with van der Waals surface area (Å²) in [5.74, 6) is -0.308. The van der Waals surface area contributed by atoms with E-state index in [9.17, 15) is 9.50 Å². The largest absolute Gasteiger partial charge is 0.387 e. The van der Waals surface area contributed by atoms with Gasteiger partial charge in [-0.25, -0.2) is 4.39 Å². The molecule has 2 nitrogen and oxygen atoms in total. The first-order chi connectivity index (χ1) is 6.02. The van der Waals surface area contributed by atoms with Crippen LogP contribution in [0.2, 0.25) is 0 Å². The molecule has 0 fully saturated rings. The van der Waals surface area contributed by atoms with Crippen molar-refractivity contribution in [3.8, 4) is 0 Å². The molecule has 2 atom stereocenters. The van der Waals surface area contributed by atoms with Crippen LogP contribution in [0.5, 0.6) is 0 Å². The highest BCUT2D eigenvalue weighted by atomic mass is 19.1. The second kappa shape index (κ2) is 3.85. The third kappa shape index (κ3) is 2.26. The molecule has 0 aliphatic carbocycles. The van der Waals surface area contributed by atoms with Gasteiger partial charge in [-0.3, -0.25) is 0 Å². The monoisotopic (exact) mass is 183 g/mol. The predicted octanol–water partition coefficient (Wildman–Crippen LogP) is 1.51. The Morgan fingerprint density at radius 1 is 1.46 bits per heavy atom. The molecule has 13 heavy (non-hydrogen) atoms. The van der Waals surface area contributed by atoms with Crippen LogP contribution in [0.4, 0.5) is 4.39 Å². The maximum atomic E-state index is 13.1. The van der Waals surface area contributed by atoms with Crippen molar-refractivity contribution in [3.63, 3.8) is 0 Å². The zero-order chi connectivity index (χ0) is 10.0. The fraction of sp³-hybridized carbons (Fsp3) is 0.400. The second-order valence-electron chi connectivity index (χ2n) is 3.31. The highest BCUT2D eigenvalue weighted by Crippen LogP contribution is 2.18. The summed E-state index contributed by atoms with van der Waals surface area (Å²) in [5.41, 5.74) is 6.58. The molecule has 0 amide bonds. The van der Waals surface area contributed by atoms with E-state index in [2.05, 4.69) is 0 Å². The fourth-order valence-electron chi connectivity index (χ4n) is 1.10. The summed E-state index contributed by atoms with van der Waals surface area (Å²) >= 11 is 0. The Morgan fingerprint density at radius 3 is 2.54 bits per heavy atom. The third-order valence-corrected chi connectivity index (χ3v) is 2.04. The predicted molar refractivity (Wildman–Crippen MR) is 49.7 cm³/mol. The number of halogens is 1. The van der Waals surface area contributed by atoms with Crippen molar-refractivity contribution in [1.82, 2.24) is 0 Å². The fourth-order valence-corrected chi connectivity index (χ4v) is 1.10. The summed E-state index contributed by atoms with van der Waals surface area (Å²) in [5, 5.41) is 9.52. The molecular weight excluding hydrogens is 169 g/mol. The molecule has 3 heteroatoms. The molecule has 1 aromatic rings. The van der Waals surface area contributed by atoms with Crippen LogP contribution >= 0.6 is 0 Å². The molecule has 0 aromatic heterocycles. The van der Waals surface area contributed by atoms with Crippen molar-refractivity contribution >= 4 is 0 Å². The standard InChI is InChI=1S/C10H14FNO/c1-6-3-4-8(5-9(6)11)10(13)7(2)12/h3-5,7,10,13H,12H2,1-2H3/t7-,10+/m0/s1. The Labute approximate surface area is 77.2 Å². The Morgan fingerprint density at radius 2 is 2.08 bits per heavy atom. The highest BCUT2D eigenvalue weighted by molar-refractivity contribution is 5.25. The van der Waals surface area contributed by atoms with Gasteiger partial charge in [-0.1, -0.05) is 12.1 Å². The number of aliphatic hydroxyl groups excluding tert-OH is 1. The van der Waals surface area contributed by atoms with E-state index in [-0.39, 0.29) is 11.9 Å². The lowest BCUT2D eigenvalue weighted by Gasteiger charge is -2.14. The normalized spacial score (nSPS) is 15.5. The van der Waals surface area contributed by atoms with Crippen LogP contribution in [-0.2, 0) is 0 Å². The van der Waals surface area contributed by atoms with E-state index in [1.807, 2.05) is 0 Å². The summed E-state index contributed by atoms with van der Waals surface area (Å²) in [6.45, 7) is 3.36. The van der Waals surface area contributed by atoms with Crippen molar-refractivity contribution in [2.45, 2.75) is 26.0 Å². The number of nitrogens with two attached hydrogens (primary N) is 1. The minimum Gasteiger partial charge on any atom is -0.387 e. The lowest BCUT2D eigenvalue weighted by molar-refractivity contribution is 0.153. The minimum absolute atomic E-state index is 0.308. The van der Waals surface area contributed by atoms with Crippen LogP contribution < -0.4 is 5.73 Å². The number of aliphatic hydroxyl groups is 1. The van der Waals surface area contributed by atoms with Crippen LogP contribution in [0.15, 0.2) is 18.2 Å². The zero-order valence-electron chi connectivity index (χ0n) is 7.79. The molecule has 0 unspecified atom stereocenters. The van der Waals surface area contributed by atoms with Gasteiger partial charge in [-0.2, -0.15) is 0 Å². The maximum absolute atomic E-state index is 13.1. The van der Waals surface area contributed by atoms with Crippen molar-refractivity contribution < 1.29 is 9.50 Å². The van der Waals surface area contributed by atoms with Gasteiger partial charge in [0, 0.05) is 6.04 Å². The summed E-state index contributed by atoms with van der Waals surface area (Å²) in [7, 11) is 0. The van der Waals surface area contributed by atoms with E-state index in [0.29, 0.717) is 11.1 Å². The molecular formula is C10H14FNO. The molecule has 0 bridgehead atoms. The summed E-state index contributed by atoms with van der Waals surface area (Å²) in [6, 6.07) is 4.26. The highest BCUT2D eigenvalue weighted by Gasteiger charge is 2.13. The third-order valence-electron chi connectivity index (χ3n) is 2.04. The van der Waals surface area contributed by atoms with E-state index in [1.54, 1.807) is 26.0 Å². The molecule has 72 valence electrons. The van der Waals surface area contributed by atoms with Crippen molar-refractivity contribution in [2.75, 3.05) is 0 Å². The summed E-state index contributed by atoms with van der Waals surface area (Å²) < 4.78 is 13.1. The van der Waals surface area contributed by atoms with Crippen LogP contribution in [0.25, 0.3) is 0 Å². The average Bonchev–Trinajstić information content (AvgIpc) is 2.08. The van der Waals surface area contributed by atoms with Gasteiger partial charge >= 0.3 is 0 Å². The van der Waals surface area contributed by atoms with Gasteiger partial charge in [0.25, 0.3) is 0 Å². The Kier molecular flexibility index (Phi) is 3.01. The Balaban J connectivity index is 2.97. The van der Waals surface area contributed by atoms with Gasteiger partial charge in [-0.15, -0.1) is 0 Å². The number of hydrogen-bond acceptors (Lipinski definition) is 2. The molecule has 3 N–H and O–H groups in total. The minimum atomic E-state index is -0.796. The smallest absolute Gasteiger partial charge is 0.126 e. The average molecular weight is 183 g/mol. The van der Waals surface area contributed by atoms with Gasteiger partial charge in [0.05, 0.1) is 6.10 Å². The van der Waals surface area contributed by atoms with Crippen LogP contribution in [0, 0.1) is 12.7 Å². The quantitative estimate of drug-likeness (QED) is 0.730. The van der Waals surface area contributed by atoms with E-state index in [4.69, 9.17) is 5.73 Å². The summed E-state index contributed by atoms with van der Waals surface area (Å²) in [6.07, 6.45) is -0.796. The summed E-state index contributed by atoms with van der Waals surface area (Å²) in [4.78, 5) is 0. The molecule has 0 saturated heterocycles. The van der Waals surface area contributed by atoms with Gasteiger partial charge < -0.3 is 10.8 Å². The first kappa shape index (κ1) is 10.2. The molecule has 0 aliphatic heterocycles. The molecule has 1 rings (SSSR count). The van der Waals surface area contributed by atoms with E-state index < -0.39 is 6.10 Å². The van der Waals surface area contributed by atoms with Gasteiger partial charge in [0.2, 0.25) is 0 Å². The Hall–Kier alpha value is -0.930. The molecule has 0 spiro atoms. The van der Waals surface area contributed by atoms with E-state index >= 15 is 0 Å². The SMILES string of the molecule is Cc1ccc([C@H](O)[C@H](C)N)cc1F. The van der Waals surface area contributed by atoms with Gasteiger partial charge in [-0.05, 0) is 31.0 Å². The lowest BCUT2D eigenvalue weighted by Crippen LogP contribution is -2.24. The van der Waals surface area contributed by atoms with Crippen LogP contribution in [-0.4, -0.2) is 11.1 Å². The van der Waals surface area contributed by atoms with Crippen molar-refractivity contribution in [1.29, 1.82) is 0 Å². The second-order valence-corrected chi connectivity index (χ2v) is 3.31. The van der Waals surface area contributed by atoms with E-state index in [1.165, 1.54) is 6.07 Å². The Bertz CT molecular complexity index is 299. The van der Waals surface area contributed by atoms with Crippen molar-refractivity contribution in [2.24, 2.45) is 5.73 Å². The molecule has 0 heterocycles. The number of hydrogen-bond donors (Lipinski definition) is 2. The van der Waals surface area contributed by atoms with Crippen LogP contribution in [0.3, 0.4) is 0 Å². The molecule has 0 saturated carbocycles. The topological polar surface area (TPSA) is 46.2 Å².